The molecule has 98 valence electrons. The highest BCUT2D eigenvalue weighted by Gasteiger charge is 2.33. The van der Waals surface area contributed by atoms with Crippen molar-refractivity contribution >= 4 is 15.9 Å². The molecule has 1 N–H and O–H groups in total. The van der Waals surface area contributed by atoms with Crippen LogP contribution in [0.3, 0.4) is 0 Å². The van der Waals surface area contributed by atoms with Crippen LogP contribution in [0.1, 0.15) is 12.8 Å². The highest BCUT2D eigenvalue weighted by molar-refractivity contribution is 7.91. The molecule has 2 heterocycles. The van der Waals surface area contributed by atoms with Crippen LogP contribution in [0, 0.1) is 5.92 Å². The summed E-state index contributed by atoms with van der Waals surface area (Å²) in [6.45, 7) is 0.769. The molecule has 0 aromatic carbocycles. The van der Waals surface area contributed by atoms with Gasteiger partial charge in [-0.25, -0.2) is 13.2 Å². The maximum absolute atomic E-state index is 11.4. The monoisotopic (exact) mass is 263 g/mol. The predicted octanol–water partition coefficient (Wildman–Crippen LogP) is -0.376. The number of cyclic esters (lactones) is 1. The summed E-state index contributed by atoms with van der Waals surface area (Å²) in [5.41, 5.74) is 0. The molecule has 0 aromatic heterocycles. The van der Waals surface area contributed by atoms with E-state index in [0.717, 1.165) is 0 Å². The molecule has 0 spiro atoms. The maximum Gasteiger partial charge on any atom is 0.410 e. The van der Waals surface area contributed by atoms with E-state index in [1.165, 1.54) is 0 Å². The molecule has 0 aliphatic carbocycles. The van der Waals surface area contributed by atoms with Crippen LogP contribution in [0.2, 0.25) is 0 Å². The minimum atomic E-state index is -2.85. The Labute approximate surface area is 100 Å². The lowest BCUT2D eigenvalue weighted by atomic mass is 10.0. The average Bonchev–Trinajstić information content (AvgIpc) is 2.63. The number of nitrogens with zero attached hydrogens (tertiary/aromatic N) is 1. The van der Waals surface area contributed by atoms with Gasteiger partial charge in [0.2, 0.25) is 0 Å². The Kier molecular flexibility index (Phi) is 3.58. The Balaban J connectivity index is 1.84. The molecule has 2 rings (SSSR count). The van der Waals surface area contributed by atoms with Crippen LogP contribution < -0.4 is 0 Å². The lowest BCUT2D eigenvalue weighted by Gasteiger charge is -2.25. The topological polar surface area (TPSA) is 83.9 Å². The second-order valence-corrected chi connectivity index (χ2v) is 6.99. The molecule has 6 nitrogen and oxygen atoms in total. The summed E-state index contributed by atoms with van der Waals surface area (Å²) in [5, 5.41) is 8.89. The van der Waals surface area contributed by atoms with Crippen molar-refractivity contribution in [1.29, 1.82) is 0 Å². The number of aliphatic hydroxyl groups excluding tert-OH is 1. The third kappa shape index (κ3) is 3.10. The largest absolute Gasteiger partial charge is 0.442 e. The van der Waals surface area contributed by atoms with Gasteiger partial charge in [0, 0.05) is 6.54 Å². The molecule has 2 saturated heterocycles. The summed E-state index contributed by atoms with van der Waals surface area (Å²) in [7, 11) is -2.85. The van der Waals surface area contributed by atoms with E-state index in [4.69, 9.17) is 9.84 Å². The van der Waals surface area contributed by atoms with Crippen molar-refractivity contribution < 1.29 is 23.1 Å². The van der Waals surface area contributed by atoms with Crippen LogP contribution in [0.25, 0.3) is 0 Å². The summed E-state index contributed by atoms with van der Waals surface area (Å²) in [4.78, 5) is 13.0. The van der Waals surface area contributed by atoms with Crippen LogP contribution in [0.15, 0.2) is 0 Å². The van der Waals surface area contributed by atoms with Gasteiger partial charge < -0.3 is 14.7 Å². The molecule has 2 aliphatic rings. The Morgan fingerprint density at radius 2 is 2.00 bits per heavy atom. The summed E-state index contributed by atoms with van der Waals surface area (Å²) in [6.07, 6.45) is 0.374. The minimum Gasteiger partial charge on any atom is -0.442 e. The number of rotatable bonds is 3. The van der Waals surface area contributed by atoms with Gasteiger partial charge >= 0.3 is 6.09 Å². The Bertz CT molecular complexity index is 380. The standard InChI is InChI=1S/C10H17NO5S/c12-7-9-6-11(10(13)16-9)5-8-1-3-17(14,15)4-2-8/h8-9,12H,1-7H2/t9-/m1/s1. The number of carbonyl (C=O) groups excluding carboxylic acids is 1. The van der Waals surface area contributed by atoms with Crippen molar-refractivity contribution in [1.82, 2.24) is 4.90 Å². The van der Waals surface area contributed by atoms with E-state index in [1.54, 1.807) is 4.90 Å². The lowest BCUT2D eigenvalue weighted by Crippen LogP contribution is -2.35. The smallest absolute Gasteiger partial charge is 0.410 e. The van der Waals surface area contributed by atoms with Gasteiger partial charge in [-0.3, -0.25) is 0 Å². The van der Waals surface area contributed by atoms with Gasteiger partial charge in [0.15, 0.2) is 0 Å². The van der Waals surface area contributed by atoms with E-state index >= 15 is 0 Å². The molecule has 2 aliphatic heterocycles. The third-order valence-electron chi connectivity index (χ3n) is 3.31. The molecule has 7 heteroatoms. The normalized spacial score (nSPS) is 29.4. The van der Waals surface area contributed by atoms with Crippen molar-refractivity contribution in [3.63, 3.8) is 0 Å². The Morgan fingerprint density at radius 1 is 1.35 bits per heavy atom. The molecule has 0 unspecified atom stereocenters. The van der Waals surface area contributed by atoms with Crippen LogP contribution in [-0.4, -0.2) is 61.8 Å². The SMILES string of the molecule is O=C1O[C@@H](CO)CN1CC1CCS(=O)(=O)CC1. The van der Waals surface area contributed by atoms with Crippen molar-refractivity contribution in [2.75, 3.05) is 31.2 Å². The summed E-state index contributed by atoms with van der Waals surface area (Å²) < 4.78 is 27.4. The predicted molar refractivity (Wildman–Crippen MR) is 60.3 cm³/mol. The Morgan fingerprint density at radius 3 is 2.53 bits per heavy atom. The quantitative estimate of drug-likeness (QED) is 0.750. The van der Waals surface area contributed by atoms with Gasteiger partial charge in [0.05, 0.1) is 24.7 Å². The van der Waals surface area contributed by atoms with Gasteiger partial charge in [0.25, 0.3) is 0 Å². The van der Waals surface area contributed by atoms with Gasteiger partial charge in [0.1, 0.15) is 15.9 Å². The maximum atomic E-state index is 11.4. The fourth-order valence-corrected chi connectivity index (χ4v) is 3.84. The van der Waals surface area contributed by atoms with Gasteiger partial charge in [-0.15, -0.1) is 0 Å². The first kappa shape index (κ1) is 12.6. The number of hydrogen-bond acceptors (Lipinski definition) is 5. The Hall–Kier alpha value is -0.820. The summed E-state index contributed by atoms with van der Waals surface area (Å²) >= 11 is 0. The molecule has 17 heavy (non-hydrogen) atoms. The van der Waals surface area contributed by atoms with Crippen molar-refractivity contribution in [3.05, 3.63) is 0 Å². The zero-order chi connectivity index (χ0) is 12.5. The molecule has 0 aromatic rings. The van der Waals surface area contributed by atoms with Crippen molar-refractivity contribution in [2.45, 2.75) is 18.9 Å². The first-order valence-corrected chi connectivity index (χ1v) is 7.59. The average molecular weight is 263 g/mol. The number of aliphatic hydroxyl groups is 1. The molecule has 1 atom stereocenters. The van der Waals surface area contributed by atoms with E-state index in [-0.39, 0.29) is 24.0 Å². The van der Waals surface area contributed by atoms with E-state index in [9.17, 15) is 13.2 Å². The number of ether oxygens (including phenoxy) is 1. The molecular formula is C10H17NO5S. The zero-order valence-corrected chi connectivity index (χ0v) is 10.4. The molecule has 0 radical (unpaired) electrons. The number of hydrogen-bond donors (Lipinski definition) is 1. The van der Waals surface area contributed by atoms with Gasteiger partial charge in [-0.2, -0.15) is 0 Å². The van der Waals surface area contributed by atoms with Crippen LogP contribution in [0.4, 0.5) is 4.79 Å². The number of carbonyl (C=O) groups is 1. The second-order valence-electron chi connectivity index (χ2n) is 4.69. The molecule has 0 bridgehead atoms. The van der Waals surface area contributed by atoms with Gasteiger partial charge in [-0.1, -0.05) is 0 Å². The van der Waals surface area contributed by atoms with Crippen LogP contribution in [-0.2, 0) is 14.6 Å². The molecule has 0 saturated carbocycles. The van der Waals surface area contributed by atoms with Crippen molar-refractivity contribution in [3.8, 4) is 0 Å². The van der Waals surface area contributed by atoms with E-state index in [0.29, 0.717) is 25.9 Å². The molecule has 2 fully saturated rings. The fraction of sp³-hybridized carbons (Fsp3) is 0.900. The highest BCUT2D eigenvalue weighted by atomic mass is 32.2. The second kappa shape index (κ2) is 4.81. The van der Waals surface area contributed by atoms with Crippen LogP contribution >= 0.6 is 0 Å². The lowest BCUT2D eigenvalue weighted by molar-refractivity contribution is 0.0945. The van der Waals surface area contributed by atoms with Gasteiger partial charge in [-0.05, 0) is 18.8 Å². The summed E-state index contributed by atoms with van der Waals surface area (Å²) in [5.74, 6) is 0.650. The van der Waals surface area contributed by atoms with E-state index in [1.807, 2.05) is 0 Å². The van der Waals surface area contributed by atoms with E-state index in [2.05, 4.69) is 0 Å². The fourth-order valence-electron chi connectivity index (χ4n) is 2.25. The third-order valence-corrected chi connectivity index (χ3v) is 5.02. The summed E-state index contributed by atoms with van der Waals surface area (Å²) in [6, 6.07) is 0. The first-order chi connectivity index (χ1) is 8.00. The number of sulfone groups is 1. The zero-order valence-electron chi connectivity index (χ0n) is 9.54. The molecular weight excluding hydrogens is 246 g/mol. The van der Waals surface area contributed by atoms with Crippen molar-refractivity contribution in [2.24, 2.45) is 5.92 Å². The highest BCUT2D eigenvalue weighted by Crippen LogP contribution is 2.22. The molecule has 1 amide bonds. The first-order valence-electron chi connectivity index (χ1n) is 5.77. The minimum absolute atomic E-state index is 0.165. The van der Waals surface area contributed by atoms with E-state index < -0.39 is 22.0 Å². The number of amides is 1. The van der Waals surface area contributed by atoms with Crippen LogP contribution in [0.5, 0.6) is 0 Å².